The molecule has 2 saturated heterocycles. The molecule has 2 aliphatic heterocycles. The van der Waals surface area contributed by atoms with Crippen LogP contribution in [0.2, 0.25) is 0 Å². The molecule has 2 fully saturated rings. The van der Waals surface area contributed by atoms with Gasteiger partial charge in [-0.3, -0.25) is 4.90 Å². The summed E-state index contributed by atoms with van der Waals surface area (Å²) in [6.07, 6.45) is 3.95. The zero-order valence-corrected chi connectivity index (χ0v) is 12.6. The first-order valence-electron chi connectivity index (χ1n) is 7.72. The smallest absolute Gasteiger partial charge is 0.156 e. The molecule has 2 aliphatic rings. The van der Waals surface area contributed by atoms with Crippen molar-refractivity contribution in [2.45, 2.75) is 45.7 Å². The number of rotatable bonds is 3. The molecule has 0 spiro atoms. The van der Waals surface area contributed by atoms with E-state index in [9.17, 15) is 0 Å². The summed E-state index contributed by atoms with van der Waals surface area (Å²) in [6.45, 7) is 9.33. The fourth-order valence-corrected chi connectivity index (χ4v) is 3.48. The molecule has 5 heteroatoms. The van der Waals surface area contributed by atoms with Crippen LogP contribution >= 0.6 is 0 Å². The van der Waals surface area contributed by atoms with Gasteiger partial charge in [0.05, 0.1) is 5.69 Å². The molecule has 1 aromatic rings. The van der Waals surface area contributed by atoms with Crippen molar-refractivity contribution in [3.63, 3.8) is 0 Å². The van der Waals surface area contributed by atoms with Crippen LogP contribution < -0.4 is 10.6 Å². The van der Waals surface area contributed by atoms with Gasteiger partial charge >= 0.3 is 0 Å². The maximum absolute atomic E-state index is 5.94. The van der Waals surface area contributed by atoms with Gasteiger partial charge in [-0.15, -0.1) is 5.10 Å². The number of hydrogen-bond donors (Lipinski definition) is 1. The molecule has 0 amide bonds. The Balaban J connectivity index is 1.79. The van der Waals surface area contributed by atoms with E-state index in [1.165, 1.54) is 43.5 Å². The van der Waals surface area contributed by atoms with E-state index in [-0.39, 0.29) is 0 Å². The summed E-state index contributed by atoms with van der Waals surface area (Å²) < 4.78 is 0. The second kappa shape index (κ2) is 5.66. The Morgan fingerprint density at radius 1 is 1.15 bits per heavy atom. The van der Waals surface area contributed by atoms with Crippen molar-refractivity contribution in [2.24, 2.45) is 5.73 Å². The van der Waals surface area contributed by atoms with E-state index in [4.69, 9.17) is 5.73 Å². The third kappa shape index (κ3) is 2.40. The second-order valence-electron chi connectivity index (χ2n) is 6.05. The van der Waals surface area contributed by atoms with Crippen molar-refractivity contribution in [1.82, 2.24) is 15.1 Å². The SMILES string of the molecule is Cc1nnc(N2CCC(N3CCCC3)C2)c(CN)c1C. The van der Waals surface area contributed by atoms with Gasteiger partial charge < -0.3 is 10.6 Å². The van der Waals surface area contributed by atoms with Gasteiger partial charge in [-0.05, 0) is 51.8 Å². The number of aromatic nitrogens is 2. The zero-order chi connectivity index (χ0) is 14.1. The van der Waals surface area contributed by atoms with Crippen LogP contribution in [0.4, 0.5) is 5.82 Å². The Morgan fingerprint density at radius 2 is 1.90 bits per heavy atom. The average molecular weight is 275 g/mol. The van der Waals surface area contributed by atoms with Crippen LogP contribution in [0.25, 0.3) is 0 Å². The maximum atomic E-state index is 5.94. The minimum absolute atomic E-state index is 0.544. The lowest BCUT2D eigenvalue weighted by Crippen LogP contribution is -2.35. The third-order valence-corrected chi connectivity index (χ3v) is 4.88. The molecule has 3 heterocycles. The number of nitrogens with zero attached hydrogens (tertiary/aromatic N) is 4. The van der Waals surface area contributed by atoms with Crippen LogP contribution in [-0.4, -0.2) is 47.3 Å². The predicted octanol–water partition coefficient (Wildman–Crippen LogP) is 1.23. The van der Waals surface area contributed by atoms with E-state index in [0.29, 0.717) is 12.6 Å². The lowest BCUT2D eigenvalue weighted by Gasteiger charge is -2.25. The van der Waals surface area contributed by atoms with Crippen LogP contribution in [0.3, 0.4) is 0 Å². The Morgan fingerprint density at radius 3 is 2.60 bits per heavy atom. The van der Waals surface area contributed by atoms with Gasteiger partial charge in [-0.1, -0.05) is 0 Å². The number of aryl methyl sites for hydroxylation is 1. The van der Waals surface area contributed by atoms with Gasteiger partial charge in [-0.2, -0.15) is 5.10 Å². The monoisotopic (exact) mass is 275 g/mol. The molecule has 110 valence electrons. The molecule has 20 heavy (non-hydrogen) atoms. The van der Waals surface area contributed by atoms with E-state index < -0.39 is 0 Å². The summed E-state index contributed by atoms with van der Waals surface area (Å²) >= 11 is 0. The predicted molar refractivity (Wildman–Crippen MR) is 80.8 cm³/mol. The van der Waals surface area contributed by atoms with Gasteiger partial charge in [0, 0.05) is 31.2 Å². The van der Waals surface area contributed by atoms with Crippen molar-refractivity contribution in [3.05, 3.63) is 16.8 Å². The molecule has 1 unspecified atom stereocenters. The van der Waals surface area contributed by atoms with Gasteiger partial charge in [0.2, 0.25) is 0 Å². The molecule has 0 radical (unpaired) electrons. The summed E-state index contributed by atoms with van der Waals surface area (Å²) in [6, 6.07) is 0.687. The normalized spacial score (nSPS) is 23.8. The number of likely N-dealkylation sites (tertiary alicyclic amines) is 1. The Hall–Kier alpha value is -1.20. The fourth-order valence-electron chi connectivity index (χ4n) is 3.48. The Kier molecular flexibility index (Phi) is 3.89. The maximum Gasteiger partial charge on any atom is 0.156 e. The van der Waals surface area contributed by atoms with Gasteiger partial charge in [-0.25, -0.2) is 0 Å². The lowest BCUT2D eigenvalue weighted by atomic mass is 10.1. The average Bonchev–Trinajstić information content (AvgIpc) is 3.11. The highest BCUT2D eigenvalue weighted by molar-refractivity contribution is 5.51. The van der Waals surface area contributed by atoms with E-state index in [2.05, 4.69) is 26.9 Å². The lowest BCUT2D eigenvalue weighted by molar-refractivity contribution is 0.260. The minimum atomic E-state index is 0.544. The minimum Gasteiger partial charge on any atom is -0.353 e. The van der Waals surface area contributed by atoms with E-state index in [0.717, 1.165) is 24.6 Å². The summed E-state index contributed by atoms with van der Waals surface area (Å²) in [5.41, 5.74) is 9.29. The van der Waals surface area contributed by atoms with Crippen LogP contribution in [-0.2, 0) is 6.54 Å². The topological polar surface area (TPSA) is 58.3 Å². The number of nitrogens with two attached hydrogens (primary N) is 1. The molecule has 5 nitrogen and oxygen atoms in total. The second-order valence-corrected chi connectivity index (χ2v) is 6.05. The number of anilines is 1. The molecular weight excluding hydrogens is 250 g/mol. The largest absolute Gasteiger partial charge is 0.353 e. The molecule has 0 saturated carbocycles. The summed E-state index contributed by atoms with van der Waals surface area (Å²) in [7, 11) is 0. The van der Waals surface area contributed by atoms with E-state index in [1.54, 1.807) is 0 Å². The molecule has 3 rings (SSSR count). The van der Waals surface area contributed by atoms with Gasteiger partial charge in [0.25, 0.3) is 0 Å². The third-order valence-electron chi connectivity index (χ3n) is 4.88. The Bertz CT molecular complexity index is 481. The first-order chi connectivity index (χ1) is 9.70. The molecule has 0 aliphatic carbocycles. The molecule has 1 aromatic heterocycles. The van der Waals surface area contributed by atoms with Crippen LogP contribution in [0.1, 0.15) is 36.1 Å². The molecule has 0 bridgehead atoms. The summed E-state index contributed by atoms with van der Waals surface area (Å²) in [4.78, 5) is 5.02. The van der Waals surface area contributed by atoms with Gasteiger partial charge in [0.1, 0.15) is 0 Å². The van der Waals surface area contributed by atoms with Crippen molar-refractivity contribution in [2.75, 3.05) is 31.1 Å². The van der Waals surface area contributed by atoms with Crippen molar-refractivity contribution in [1.29, 1.82) is 0 Å². The number of hydrogen-bond acceptors (Lipinski definition) is 5. The van der Waals surface area contributed by atoms with Crippen molar-refractivity contribution >= 4 is 5.82 Å². The summed E-state index contributed by atoms with van der Waals surface area (Å²) in [5.74, 6) is 1.01. The highest BCUT2D eigenvalue weighted by Gasteiger charge is 2.31. The zero-order valence-electron chi connectivity index (χ0n) is 12.6. The first-order valence-corrected chi connectivity index (χ1v) is 7.72. The molecular formula is C15H25N5. The van der Waals surface area contributed by atoms with Crippen LogP contribution in [0, 0.1) is 13.8 Å². The first kappa shape index (κ1) is 13.8. The molecule has 0 aromatic carbocycles. The summed E-state index contributed by atoms with van der Waals surface area (Å²) in [5, 5.41) is 8.72. The fraction of sp³-hybridized carbons (Fsp3) is 0.733. The Labute approximate surface area is 121 Å². The van der Waals surface area contributed by atoms with Crippen molar-refractivity contribution < 1.29 is 0 Å². The van der Waals surface area contributed by atoms with Crippen molar-refractivity contribution in [3.8, 4) is 0 Å². The molecule has 1 atom stereocenters. The highest BCUT2D eigenvalue weighted by Crippen LogP contribution is 2.27. The quantitative estimate of drug-likeness (QED) is 0.899. The van der Waals surface area contributed by atoms with E-state index in [1.807, 2.05) is 6.92 Å². The van der Waals surface area contributed by atoms with E-state index >= 15 is 0 Å². The van der Waals surface area contributed by atoms with Gasteiger partial charge in [0.15, 0.2) is 5.82 Å². The van der Waals surface area contributed by atoms with Crippen LogP contribution in [0.15, 0.2) is 0 Å². The van der Waals surface area contributed by atoms with Crippen LogP contribution in [0.5, 0.6) is 0 Å². The molecule has 2 N–H and O–H groups in total. The highest BCUT2D eigenvalue weighted by atomic mass is 15.3. The standard InChI is InChI=1S/C15H25N5/c1-11-12(2)17-18-15(14(11)9-16)20-8-5-13(10-20)19-6-3-4-7-19/h13H,3-10,16H2,1-2H3.